The van der Waals surface area contributed by atoms with Crippen LogP contribution in [-0.4, -0.2) is 11.4 Å². The predicted octanol–water partition coefficient (Wildman–Crippen LogP) is 5.64. The Morgan fingerprint density at radius 2 is 1.74 bits per heavy atom. The Kier molecular flexibility index (Phi) is 4.99. The van der Waals surface area contributed by atoms with Crippen LogP contribution in [0.3, 0.4) is 0 Å². The molecule has 4 aromatic rings. The van der Waals surface area contributed by atoms with Crippen LogP contribution < -0.4 is 14.3 Å². The third-order valence-corrected chi connectivity index (χ3v) is 5.71. The van der Waals surface area contributed by atoms with Crippen molar-refractivity contribution in [2.75, 3.05) is 6.79 Å². The zero-order chi connectivity index (χ0) is 21.4. The molecule has 1 aliphatic rings. The van der Waals surface area contributed by atoms with Crippen LogP contribution in [0.5, 0.6) is 11.5 Å². The fourth-order valence-corrected chi connectivity index (χ4v) is 4.27. The second kappa shape index (κ2) is 7.96. The molecule has 0 bridgehead atoms. The van der Waals surface area contributed by atoms with E-state index >= 15 is 0 Å². The van der Waals surface area contributed by atoms with Crippen LogP contribution in [0.15, 0.2) is 71.0 Å². The summed E-state index contributed by atoms with van der Waals surface area (Å²) in [6.07, 6.45) is 0. The summed E-state index contributed by atoms with van der Waals surface area (Å²) in [6, 6.07) is 15.2. The van der Waals surface area contributed by atoms with Gasteiger partial charge >= 0.3 is 0 Å². The Balaban J connectivity index is 1.65. The van der Waals surface area contributed by atoms with Crippen molar-refractivity contribution in [1.29, 1.82) is 0 Å². The number of thiazole rings is 1. The third kappa shape index (κ3) is 3.82. The van der Waals surface area contributed by atoms with Gasteiger partial charge < -0.3 is 14.0 Å². The van der Waals surface area contributed by atoms with E-state index in [1.165, 1.54) is 23.5 Å². The number of benzene rings is 3. The van der Waals surface area contributed by atoms with Gasteiger partial charge in [0, 0.05) is 17.0 Å². The van der Waals surface area contributed by atoms with E-state index in [-0.39, 0.29) is 18.3 Å². The lowest BCUT2D eigenvalue weighted by atomic mass is 10.1. The molecule has 0 radical (unpaired) electrons. The molecule has 0 spiro atoms. The van der Waals surface area contributed by atoms with Gasteiger partial charge in [0.2, 0.25) is 6.79 Å². The molecule has 0 unspecified atom stereocenters. The van der Waals surface area contributed by atoms with E-state index < -0.39 is 11.6 Å². The number of rotatable bonds is 4. The molecule has 5 rings (SSSR count). The molecule has 8 heteroatoms. The fourth-order valence-electron chi connectivity index (χ4n) is 3.35. The van der Waals surface area contributed by atoms with Gasteiger partial charge in [-0.05, 0) is 42.0 Å². The standard InChI is InChI=1S/C23H15F3N2O2S/c24-15-6-7-19(18(26)10-15)27-23-28(11-14-5-8-21-22(9-14)30-13-29-21)20(12-31-23)16-3-1-2-4-17(16)25/h1-10,12H,11,13H2. The second-order valence-electron chi connectivity index (χ2n) is 6.86. The van der Waals surface area contributed by atoms with E-state index in [1.807, 2.05) is 18.2 Å². The summed E-state index contributed by atoms with van der Waals surface area (Å²) in [7, 11) is 0. The Labute approximate surface area is 179 Å². The number of halogens is 3. The molecule has 1 aromatic heterocycles. The van der Waals surface area contributed by atoms with Gasteiger partial charge in [-0.25, -0.2) is 18.2 Å². The molecule has 0 saturated heterocycles. The number of nitrogens with zero attached hydrogens (tertiary/aromatic N) is 2. The van der Waals surface area contributed by atoms with Gasteiger partial charge in [0.05, 0.1) is 12.2 Å². The van der Waals surface area contributed by atoms with Crippen LogP contribution in [0.25, 0.3) is 11.3 Å². The minimum atomic E-state index is -0.768. The SMILES string of the molecule is Fc1ccc(N=c2scc(-c3ccccc3F)n2Cc2ccc3c(c2)OCO3)c(F)c1. The molecule has 0 atom stereocenters. The molecule has 2 heterocycles. The summed E-state index contributed by atoms with van der Waals surface area (Å²) < 4.78 is 54.6. The molecule has 0 saturated carbocycles. The number of hydrogen-bond donors (Lipinski definition) is 0. The van der Waals surface area contributed by atoms with Crippen molar-refractivity contribution >= 4 is 17.0 Å². The van der Waals surface area contributed by atoms with Crippen LogP contribution in [0.2, 0.25) is 0 Å². The van der Waals surface area contributed by atoms with E-state index in [2.05, 4.69) is 4.99 Å². The molecule has 0 amide bonds. The molecule has 1 aliphatic heterocycles. The topological polar surface area (TPSA) is 35.8 Å². The minimum Gasteiger partial charge on any atom is -0.454 e. The highest BCUT2D eigenvalue weighted by atomic mass is 32.1. The molecule has 0 N–H and O–H groups in total. The van der Waals surface area contributed by atoms with Gasteiger partial charge in [0.1, 0.15) is 17.3 Å². The predicted molar refractivity (Wildman–Crippen MR) is 111 cm³/mol. The first kappa shape index (κ1) is 19.4. The molecule has 4 nitrogen and oxygen atoms in total. The molecular formula is C23H15F3N2O2S. The van der Waals surface area contributed by atoms with E-state index in [4.69, 9.17) is 9.47 Å². The number of aromatic nitrogens is 1. The minimum absolute atomic E-state index is 0.00257. The highest BCUT2D eigenvalue weighted by Gasteiger charge is 2.16. The molecule has 31 heavy (non-hydrogen) atoms. The van der Waals surface area contributed by atoms with Gasteiger partial charge in [0.25, 0.3) is 0 Å². The van der Waals surface area contributed by atoms with Crippen molar-refractivity contribution in [2.24, 2.45) is 4.99 Å². The molecule has 156 valence electrons. The first-order valence-corrected chi connectivity index (χ1v) is 10.3. The third-order valence-electron chi connectivity index (χ3n) is 4.85. The first-order valence-electron chi connectivity index (χ1n) is 9.40. The normalized spacial score (nSPS) is 13.1. The average Bonchev–Trinajstić information content (AvgIpc) is 3.37. The maximum Gasteiger partial charge on any atom is 0.231 e. The van der Waals surface area contributed by atoms with Crippen molar-refractivity contribution in [3.05, 3.63) is 93.9 Å². The highest BCUT2D eigenvalue weighted by Crippen LogP contribution is 2.33. The molecule has 0 aliphatic carbocycles. The zero-order valence-corrected chi connectivity index (χ0v) is 16.8. The Morgan fingerprint density at radius 1 is 0.903 bits per heavy atom. The second-order valence-corrected chi connectivity index (χ2v) is 7.70. The van der Waals surface area contributed by atoms with Crippen molar-refractivity contribution in [3.8, 4) is 22.8 Å². The zero-order valence-electron chi connectivity index (χ0n) is 16.0. The first-order chi connectivity index (χ1) is 15.1. The molecular weight excluding hydrogens is 425 g/mol. The van der Waals surface area contributed by atoms with Gasteiger partial charge in [-0.1, -0.05) is 18.2 Å². The van der Waals surface area contributed by atoms with E-state index in [9.17, 15) is 13.2 Å². The summed E-state index contributed by atoms with van der Waals surface area (Å²) in [4.78, 5) is 4.83. The van der Waals surface area contributed by atoms with E-state index in [0.717, 1.165) is 17.7 Å². The largest absolute Gasteiger partial charge is 0.454 e. The van der Waals surface area contributed by atoms with Gasteiger partial charge in [-0.3, -0.25) is 0 Å². The van der Waals surface area contributed by atoms with Gasteiger partial charge in [-0.2, -0.15) is 0 Å². The highest BCUT2D eigenvalue weighted by molar-refractivity contribution is 7.07. The van der Waals surface area contributed by atoms with Gasteiger partial charge in [-0.15, -0.1) is 11.3 Å². The number of hydrogen-bond acceptors (Lipinski definition) is 4. The van der Waals surface area contributed by atoms with Crippen LogP contribution in [-0.2, 0) is 6.54 Å². The Hall–Kier alpha value is -3.52. The summed E-state index contributed by atoms with van der Waals surface area (Å²) in [5.74, 6) is -0.534. The molecule has 3 aromatic carbocycles. The lowest BCUT2D eigenvalue weighted by Crippen LogP contribution is -2.17. The van der Waals surface area contributed by atoms with Crippen LogP contribution >= 0.6 is 11.3 Å². The quantitative estimate of drug-likeness (QED) is 0.412. The van der Waals surface area contributed by atoms with Crippen molar-refractivity contribution in [2.45, 2.75) is 6.54 Å². The smallest absolute Gasteiger partial charge is 0.231 e. The van der Waals surface area contributed by atoms with Crippen molar-refractivity contribution in [1.82, 2.24) is 4.57 Å². The van der Waals surface area contributed by atoms with Crippen LogP contribution in [0, 0.1) is 17.5 Å². The lowest BCUT2D eigenvalue weighted by Gasteiger charge is -2.11. The fraction of sp³-hybridized carbons (Fsp3) is 0.0870. The Morgan fingerprint density at radius 3 is 2.58 bits per heavy atom. The summed E-state index contributed by atoms with van der Waals surface area (Å²) >= 11 is 1.25. The Bertz CT molecular complexity index is 1350. The van der Waals surface area contributed by atoms with Crippen molar-refractivity contribution < 1.29 is 22.6 Å². The number of fused-ring (bicyclic) bond motifs is 1. The van der Waals surface area contributed by atoms with E-state index in [0.29, 0.717) is 34.1 Å². The van der Waals surface area contributed by atoms with Crippen LogP contribution in [0.4, 0.5) is 18.9 Å². The summed E-state index contributed by atoms with van der Waals surface area (Å²) in [6.45, 7) is 0.501. The monoisotopic (exact) mass is 440 g/mol. The number of ether oxygens (including phenoxy) is 2. The average molecular weight is 440 g/mol. The van der Waals surface area contributed by atoms with E-state index in [1.54, 1.807) is 28.1 Å². The lowest BCUT2D eigenvalue weighted by molar-refractivity contribution is 0.174. The van der Waals surface area contributed by atoms with Gasteiger partial charge in [0.15, 0.2) is 22.1 Å². The molecule has 0 fully saturated rings. The summed E-state index contributed by atoms with van der Waals surface area (Å²) in [5.41, 5.74) is 1.88. The maximum atomic E-state index is 14.5. The van der Waals surface area contributed by atoms with Crippen LogP contribution in [0.1, 0.15) is 5.56 Å². The van der Waals surface area contributed by atoms with Crippen molar-refractivity contribution in [3.63, 3.8) is 0 Å². The summed E-state index contributed by atoms with van der Waals surface area (Å²) in [5, 5.41) is 1.77. The maximum absolute atomic E-state index is 14.5.